The number of piperidine rings is 1. The number of nitrogens with zero attached hydrogens (tertiary/aromatic N) is 2. The zero-order chi connectivity index (χ0) is 10.2. The van der Waals surface area contributed by atoms with Gasteiger partial charge in [0.25, 0.3) is 0 Å². The molecule has 2 saturated heterocycles. The molecular weight excluding hydrogens is 289 g/mol. The standard InChI is InChI=1S/C11H19N2O.2CH3.Y/c1-9(2)13-8-11(7-10(13)14)3-5-12-6-4-11;;;/h9H,3-8H2,1-2H3;2*1H3;/q3*-1;+3. The minimum absolute atomic E-state index is 0. The minimum Gasteiger partial charge on any atom is -0.662 e. The molecule has 0 saturated carbocycles. The van der Waals surface area contributed by atoms with Crippen LogP contribution in [-0.2, 0) is 37.5 Å². The molecule has 2 rings (SSSR count). The van der Waals surface area contributed by atoms with Gasteiger partial charge in [0.1, 0.15) is 0 Å². The molecule has 1 spiro atoms. The zero-order valence-electron chi connectivity index (χ0n) is 11.7. The summed E-state index contributed by atoms with van der Waals surface area (Å²) >= 11 is 0. The van der Waals surface area contributed by atoms with E-state index < -0.39 is 0 Å². The molecule has 0 aliphatic carbocycles. The van der Waals surface area contributed by atoms with Gasteiger partial charge in [-0.2, -0.15) is 0 Å². The Morgan fingerprint density at radius 1 is 1.24 bits per heavy atom. The van der Waals surface area contributed by atoms with Gasteiger partial charge in [0, 0.05) is 19.0 Å². The SMILES string of the molecule is CC(C)N1CC2(CC[N-]CC2)CC1=O.[CH3-].[CH3-].[Y+3]. The van der Waals surface area contributed by atoms with Crippen molar-refractivity contribution in [2.75, 3.05) is 19.6 Å². The Morgan fingerprint density at radius 2 is 1.76 bits per heavy atom. The summed E-state index contributed by atoms with van der Waals surface area (Å²) in [5, 5.41) is 4.36. The summed E-state index contributed by atoms with van der Waals surface area (Å²) in [5.41, 5.74) is 0.281. The molecule has 1 amide bonds. The predicted octanol–water partition coefficient (Wildman–Crippen LogP) is 2.68. The smallest absolute Gasteiger partial charge is 0.662 e. The van der Waals surface area contributed by atoms with Gasteiger partial charge in [-0.15, -0.1) is 13.1 Å². The largest absolute Gasteiger partial charge is 3.00 e. The van der Waals surface area contributed by atoms with E-state index in [4.69, 9.17) is 0 Å². The maximum absolute atomic E-state index is 11.8. The first-order valence-corrected chi connectivity index (χ1v) is 5.56. The molecule has 0 radical (unpaired) electrons. The van der Waals surface area contributed by atoms with Crippen molar-refractivity contribution in [1.29, 1.82) is 0 Å². The van der Waals surface area contributed by atoms with Gasteiger partial charge in [-0.1, -0.05) is 12.8 Å². The van der Waals surface area contributed by atoms with Gasteiger partial charge < -0.3 is 25.1 Å². The molecular formula is C13H25N2OY. The molecule has 2 fully saturated rings. The van der Waals surface area contributed by atoms with E-state index in [0.717, 1.165) is 38.9 Å². The first-order valence-electron chi connectivity index (χ1n) is 5.56. The van der Waals surface area contributed by atoms with Crippen LogP contribution in [0.15, 0.2) is 0 Å². The average Bonchev–Trinajstić information content (AvgIpc) is 2.44. The van der Waals surface area contributed by atoms with Crippen molar-refractivity contribution in [3.63, 3.8) is 0 Å². The summed E-state index contributed by atoms with van der Waals surface area (Å²) in [7, 11) is 0. The van der Waals surface area contributed by atoms with E-state index in [0.29, 0.717) is 11.9 Å². The first kappa shape index (κ1) is 19.9. The van der Waals surface area contributed by atoms with Crippen molar-refractivity contribution >= 4 is 5.91 Å². The molecule has 17 heavy (non-hydrogen) atoms. The Hall–Kier alpha value is 0.534. The van der Waals surface area contributed by atoms with Crippen LogP contribution in [0, 0.1) is 20.3 Å². The summed E-state index contributed by atoms with van der Waals surface area (Å²) in [4.78, 5) is 13.8. The van der Waals surface area contributed by atoms with Crippen LogP contribution in [0.4, 0.5) is 0 Å². The van der Waals surface area contributed by atoms with Crippen molar-refractivity contribution in [3.8, 4) is 0 Å². The van der Waals surface area contributed by atoms with Gasteiger partial charge in [-0.3, -0.25) is 4.79 Å². The third-order valence-corrected chi connectivity index (χ3v) is 3.58. The molecule has 0 N–H and O–H groups in total. The first-order chi connectivity index (χ1) is 6.63. The second kappa shape index (κ2) is 7.86. The van der Waals surface area contributed by atoms with E-state index in [1.807, 2.05) is 4.90 Å². The molecule has 0 aromatic heterocycles. The maximum Gasteiger partial charge on any atom is 3.00 e. The molecule has 0 aromatic carbocycles. The van der Waals surface area contributed by atoms with E-state index in [1.165, 1.54) is 0 Å². The van der Waals surface area contributed by atoms with Crippen LogP contribution in [0.3, 0.4) is 0 Å². The van der Waals surface area contributed by atoms with Crippen molar-refractivity contribution in [2.24, 2.45) is 5.41 Å². The average molecular weight is 314 g/mol. The molecule has 0 bridgehead atoms. The van der Waals surface area contributed by atoms with E-state index in [2.05, 4.69) is 19.2 Å². The predicted molar refractivity (Wildman–Crippen MR) is 69.1 cm³/mol. The molecule has 3 nitrogen and oxygen atoms in total. The molecule has 0 atom stereocenters. The topological polar surface area (TPSA) is 34.4 Å². The second-order valence-electron chi connectivity index (χ2n) is 4.96. The molecule has 2 aliphatic heterocycles. The Kier molecular flexibility index (Phi) is 9.18. The Balaban J connectivity index is 0. The molecule has 96 valence electrons. The molecule has 0 aromatic rings. The van der Waals surface area contributed by atoms with Crippen LogP contribution in [0.1, 0.15) is 33.1 Å². The van der Waals surface area contributed by atoms with Gasteiger partial charge in [-0.05, 0) is 19.3 Å². The van der Waals surface area contributed by atoms with Gasteiger partial charge in [0.2, 0.25) is 5.91 Å². The fourth-order valence-corrected chi connectivity index (χ4v) is 2.60. The van der Waals surface area contributed by atoms with Crippen LogP contribution in [-0.4, -0.2) is 36.5 Å². The maximum atomic E-state index is 11.8. The Morgan fingerprint density at radius 3 is 2.18 bits per heavy atom. The van der Waals surface area contributed by atoms with Gasteiger partial charge in [0.15, 0.2) is 0 Å². The zero-order valence-corrected chi connectivity index (χ0v) is 14.5. The van der Waals surface area contributed by atoms with Gasteiger partial charge in [0.05, 0.1) is 0 Å². The Bertz CT molecular complexity index is 238. The monoisotopic (exact) mass is 314 g/mol. The Labute approximate surface area is 132 Å². The van der Waals surface area contributed by atoms with Crippen LogP contribution >= 0.6 is 0 Å². The third-order valence-electron chi connectivity index (χ3n) is 3.58. The third kappa shape index (κ3) is 4.29. The van der Waals surface area contributed by atoms with E-state index >= 15 is 0 Å². The summed E-state index contributed by atoms with van der Waals surface area (Å²) in [6.07, 6.45) is 2.99. The van der Waals surface area contributed by atoms with Gasteiger partial charge >= 0.3 is 32.7 Å². The van der Waals surface area contributed by atoms with Crippen molar-refractivity contribution in [1.82, 2.24) is 4.90 Å². The van der Waals surface area contributed by atoms with Crippen LogP contribution < -0.4 is 0 Å². The molecule has 2 aliphatic rings. The van der Waals surface area contributed by atoms with Crippen LogP contribution in [0.2, 0.25) is 0 Å². The van der Waals surface area contributed by atoms with Crippen LogP contribution in [0.5, 0.6) is 0 Å². The van der Waals surface area contributed by atoms with Gasteiger partial charge in [-0.25, -0.2) is 0 Å². The fourth-order valence-electron chi connectivity index (χ4n) is 2.60. The molecule has 4 heteroatoms. The second-order valence-corrected chi connectivity index (χ2v) is 4.96. The minimum atomic E-state index is 0. The quantitative estimate of drug-likeness (QED) is 0.685. The number of carbonyl (C=O) groups is 1. The summed E-state index contributed by atoms with van der Waals surface area (Å²) in [5.74, 6) is 0.349. The summed E-state index contributed by atoms with van der Waals surface area (Å²) in [6.45, 7) is 7.09. The number of rotatable bonds is 1. The number of hydrogen-bond donors (Lipinski definition) is 0. The molecule has 0 unspecified atom stereocenters. The normalized spacial score (nSPS) is 21.8. The van der Waals surface area contributed by atoms with E-state index in [1.54, 1.807) is 0 Å². The number of hydrogen-bond acceptors (Lipinski definition) is 1. The van der Waals surface area contributed by atoms with Crippen LogP contribution in [0.25, 0.3) is 5.32 Å². The van der Waals surface area contributed by atoms with Crippen molar-refractivity contribution in [2.45, 2.75) is 39.2 Å². The van der Waals surface area contributed by atoms with E-state index in [9.17, 15) is 4.79 Å². The summed E-state index contributed by atoms with van der Waals surface area (Å²) in [6, 6.07) is 0.362. The fraction of sp³-hybridized carbons (Fsp3) is 0.769. The number of amides is 1. The molecule has 2 heterocycles. The number of likely N-dealkylation sites (tertiary alicyclic amines) is 1. The number of carbonyl (C=O) groups excluding carboxylic acids is 1. The summed E-state index contributed by atoms with van der Waals surface area (Å²) < 4.78 is 0. The van der Waals surface area contributed by atoms with Crippen molar-refractivity contribution < 1.29 is 37.5 Å². The van der Waals surface area contributed by atoms with E-state index in [-0.39, 0.29) is 53.0 Å². The van der Waals surface area contributed by atoms with Crippen molar-refractivity contribution in [3.05, 3.63) is 20.2 Å².